The van der Waals surface area contributed by atoms with Crippen LogP contribution in [0.5, 0.6) is 23.0 Å². The third-order valence-electron chi connectivity index (χ3n) is 5.39. The first-order valence-corrected chi connectivity index (χ1v) is 11.2. The van der Waals surface area contributed by atoms with Crippen molar-refractivity contribution < 1.29 is 28.5 Å². The molecule has 3 aromatic rings. The summed E-state index contributed by atoms with van der Waals surface area (Å²) >= 11 is 0. The van der Waals surface area contributed by atoms with E-state index in [-0.39, 0.29) is 18.4 Å². The van der Waals surface area contributed by atoms with Crippen LogP contribution in [0.1, 0.15) is 15.9 Å². The van der Waals surface area contributed by atoms with Crippen LogP contribution in [0.3, 0.4) is 0 Å². The van der Waals surface area contributed by atoms with E-state index in [1.165, 1.54) is 14.2 Å². The summed E-state index contributed by atoms with van der Waals surface area (Å²) in [4.78, 5) is 27.3. The highest BCUT2D eigenvalue weighted by Crippen LogP contribution is 2.36. The Morgan fingerprint density at radius 3 is 1.89 bits per heavy atom. The van der Waals surface area contributed by atoms with E-state index in [0.29, 0.717) is 46.5 Å². The monoisotopic (exact) mass is 493 g/mol. The minimum Gasteiger partial charge on any atom is -0.494 e. The molecule has 0 aliphatic carbocycles. The maximum atomic E-state index is 12.8. The van der Waals surface area contributed by atoms with Gasteiger partial charge in [-0.25, -0.2) is 0 Å². The van der Waals surface area contributed by atoms with Gasteiger partial charge in [-0.05, 0) is 36.9 Å². The van der Waals surface area contributed by atoms with Crippen LogP contribution in [0.2, 0.25) is 0 Å². The molecule has 0 atom stereocenters. The minimum atomic E-state index is -0.287. The topological polar surface area (TPSA) is 98.4 Å². The highest BCUT2D eigenvalue weighted by atomic mass is 16.5. The molecule has 9 heteroatoms. The molecule has 0 aliphatic heterocycles. The number of nitrogens with zero attached hydrogens (tertiary/aromatic N) is 1. The van der Waals surface area contributed by atoms with Crippen LogP contribution in [0.25, 0.3) is 0 Å². The van der Waals surface area contributed by atoms with Gasteiger partial charge in [0, 0.05) is 24.2 Å². The van der Waals surface area contributed by atoms with Crippen molar-refractivity contribution in [2.24, 2.45) is 0 Å². The number of likely N-dealkylation sites (N-methyl/N-ethyl adjacent to an activating group) is 1. The fraction of sp³-hybridized carbons (Fsp3) is 0.259. The van der Waals surface area contributed by atoms with E-state index < -0.39 is 0 Å². The zero-order valence-corrected chi connectivity index (χ0v) is 21.1. The molecule has 36 heavy (non-hydrogen) atoms. The van der Waals surface area contributed by atoms with Crippen LogP contribution in [-0.4, -0.2) is 58.7 Å². The lowest BCUT2D eigenvalue weighted by molar-refractivity contribution is -0.117. The molecule has 0 heterocycles. The van der Waals surface area contributed by atoms with Gasteiger partial charge >= 0.3 is 0 Å². The summed E-state index contributed by atoms with van der Waals surface area (Å²) in [6.07, 6.45) is 0. The minimum absolute atomic E-state index is 0.131. The second kappa shape index (κ2) is 12.5. The molecule has 2 N–H and O–H groups in total. The van der Waals surface area contributed by atoms with Crippen LogP contribution in [0, 0.1) is 0 Å². The van der Waals surface area contributed by atoms with Gasteiger partial charge in [0.25, 0.3) is 5.91 Å². The number of amides is 2. The second-order valence-electron chi connectivity index (χ2n) is 7.98. The van der Waals surface area contributed by atoms with Crippen molar-refractivity contribution >= 4 is 23.2 Å². The summed E-state index contributed by atoms with van der Waals surface area (Å²) in [6.45, 7) is 0.658. The predicted octanol–water partition coefficient (Wildman–Crippen LogP) is 4.04. The van der Waals surface area contributed by atoms with Gasteiger partial charge in [0.05, 0.1) is 46.4 Å². The quantitative estimate of drug-likeness (QED) is 0.416. The normalized spacial score (nSPS) is 10.5. The Hall–Kier alpha value is -4.24. The van der Waals surface area contributed by atoms with Crippen LogP contribution in [0.15, 0.2) is 60.7 Å². The number of carbonyl (C=O) groups is 2. The van der Waals surface area contributed by atoms with Crippen molar-refractivity contribution in [2.45, 2.75) is 6.54 Å². The lowest BCUT2D eigenvalue weighted by Crippen LogP contribution is -2.30. The first-order valence-electron chi connectivity index (χ1n) is 11.2. The summed E-state index contributed by atoms with van der Waals surface area (Å²) in [6, 6.07) is 17.7. The van der Waals surface area contributed by atoms with Gasteiger partial charge in [-0.1, -0.05) is 24.3 Å². The molecule has 9 nitrogen and oxygen atoms in total. The van der Waals surface area contributed by atoms with E-state index in [4.69, 9.17) is 18.9 Å². The van der Waals surface area contributed by atoms with E-state index in [9.17, 15) is 9.59 Å². The molecule has 3 rings (SSSR count). The van der Waals surface area contributed by atoms with Gasteiger partial charge in [-0.3, -0.25) is 14.5 Å². The van der Waals surface area contributed by atoms with E-state index in [1.54, 1.807) is 50.6 Å². The molecule has 190 valence electrons. The molecule has 0 fully saturated rings. The van der Waals surface area contributed by atoms with Crippen LogP contribution in [0.4, 0.5) is 11.4 Å². The fourth-order valence-electron chi connectivity index (χ4n) is 3.66. The van der Waals surface area contributed by atoms with Crippen LogP contribution in [-0.2, 0) is 11.3 Å². The third kappa shape index (κ3) is 6.67. The number of anilines is 2. The first-order chi connectivity index (χ1) is 17.4. The Morgan fingerprint density at radius 1 is 0.722 bits per heavy atom. The van der Waals surface area contributed by atoms with Gasteiger partial charge < -0.3 is 29.6 Å². The van der Waals surface area contributed by atoms with Gasteiger partial charge in [0.1, 0.15) is 11.5 Å². The molecule has 0 radical (unpaired) electrons. The van der Waals surface area contributed by atoms with Crippen LogP contribution < -0.4 is 29.6 Å². The third-order valence-corrected chi connectivity index (χ3v) is 5.39. The highest BCUT2D eigenvalue weighted by Gasteiger charge is 2.17. The van der Waals surface area contributed by atoms with E-state index in [2.05, 4.69) is 10.6 Å². The zero-order valence-electron chi connectivity index (χ0n) is 21.1. The molecule has 0 saturated heterocycles. The fourth-order valence-corrected chi connectivity index (χ4v) is 3.66. The lowest BCUT2D eigenvalue weighted by atomic mass is 10.2. The van der Waals surface area contributed by atoms with Gasteiger partial charge in [-0.2, -0.15) is 0 Å². The molecular formula is C27H31N3O6. The Balaban J connectivity index is 1.69. The summed E-state index contributed by atoms with van der Waals surface area (Å²) < 4.78 is 21.5. The standard InChI is InChI=1S/C27H31N3O6/c1-30(16-18-11-12-22(33-2)25(13-18)36-5)17-26(31)28-20-14-24(35-4)21(15-23(20)34-3)29-27(32)19-9-7-6-8-10-19/h6-15H,16-17H2,1-5H3,(H,28,31)(H,29,32). The average molecular weight is 494 g/mol. The maximum absolute atomic E-state index is 12.8. The Labute approximate surface area is 210 Å². The van der Waals surface area contributed by atoms with E-state index in [0.717, 1.165) is 5.56 Å². The van der Waals surface area contributed by atoms with Crippen molar-refractivity contribution in [3.63, 3.8) is 0 Å². The van der Waals surface area contributed by atoms with E-state index in [1.807, 2.05) is 36.2 Å². The number of benzene rings is 3. The molecule has 0 spiro atoms. The smallest absolute Gasteiger partial charge is 0.255 e. The number of nitrogens with one attached hydrogen (secondary N) is 2. The van der Waals surface area contributed by atoms with Crippen molar-refractivity contribution in [1.29, 1.82) is 0 Å². The van der Waals surface area contributed by atoms with Gasteiger partial charge in [-0.15, -0.1) is 0 Å². The van der Waals surface area contributed by atoms with E-state index >= 15 is 0 Å². The molecule has 0 aliphatic rings. The summed E-state index contributed by atoms with van der Waals surface area (Å²) in [7, 11) is 7.99. The number of carbonyl (C=O) groups excluding carboxylic acids is 2. The predicted molar refractivity (Wildman–Crippen MR) is 138 cm³/mol. The number of hydrogen-bond acceptors (Lipinski definition) is 7. The molecule has 0 bridgehead atoms. The molecule has 3 aromatic carbocycles. The second-order valence-corrected chi connectivity index (χ2v) is 7.98. The first kappa shape index (κ1) is 26.4. The lowest BCUT2D eigenvalue weighted by Gasteiger charge is -2.19. The van der Waals surface area contributed by atoms with Crippen molar-refractivity contribution in [2.75, 3.05) is 52.7 Å². The molecule has 0 unspecified atom stereocenters. The molecule has 2 amide bonds. The zero-order chi connectivity index (χ0) is 26.1. The van der Waals surface area contributed by atoms with Gasteiger partial charge in [0.2, 0.25) is 5.91 Å². The SMILES string of the molecule is COc1cc(NC(=O)c2ccccc2)c(OC)cc1NC(=O)CN(C)Cc1ccc(OC)c(OC)c1. The van der Waals surface area contributed by atoms with Crippen LogP contribution >= 0.6 is 0 Å². The molecule has 0 aromatic heterocycles. The Kier molecular flexibility index (Phi) is 9.13. The number of rotatable bonds is 11. The van der Waals surface area contributed by atoms with Gasteiger partial charge in [0.15, 0.2) is 11.5 Å². The molecule has 0 saturated carbocycles. The maximum Gasteiger partial charge on any atom is 0.255 e. The largest absolute Gasteiger partial charge is 0.494 e. The Bertz CT molecular complexity index is 1200. The summed E-state index contributed by atoms with van der Waals surface area (Å²) in [5, 5.41) is 5.69. The summed E-state index contributed by atoms with van der Waals surface area (Å²) in [5.74, 6) is 1.52. The Morgan fingerprint density at radius 2 is 1.31 bits per heavy atom. The molecular weight excluding hydrogens is 462 g/mol. The number of ether oxygens (including phenoxy) is 4. The number of methoxy groups -OCH3 is 4. The number of hydrogen-bond donors (Lipinski definition) is 2. The van der Waals surface area contributed by atoms with Crippen molar-refractivity contribution in [1.82, 2.24) is 4.90 Å². The summed E-state index contributed by atoms with van der Waals surface area (Å²) in [5.41, 5.74) is 2.33. The average Bonchev–Trinajstić information content (AvgIpc) is 2.89. The van der Waals surface area contributed by atoms with Crippen molar-refractivity contribution in [3.8, 4) is 23.0 Å². The van der Waals surface area contributed by atoms with Crippen molar-refractivity contribution in [3.05, 3.63) is 71.8 Å². The highest BCUT2D eigenvalue weighted by molar-refractivity contribution is 6.05.